The summed E-state index contributed by atoms with van der Waals surface area (Å²) in [6.07, 6.45) is 0. The Labute approximate surface area is 101 Å². The maximum Gasteiger partial charge on any atom is 0.164 e. The second kappa shape index (κ2) is 8.04. The van der Waals surface area contributed by atoms with Crippen molar-refractivity contribution in [2.45, 2.75) is 0 Å². The van der Waals surface area contributed by atoms with Gasteiger partial charge in [-0.1, -0.05) is 0 Å². The van der Waals surface area contributed by atoms with Gasteiger partial charge in [-0.05, 0) is 12.1 Å². The molecule has 0 amide bonds. The monoisotopic (exact) mass is 248 g/mol. The number of ether oxygens (including phenoxy) is 3. The molecular formula is C10H17ClN2O3. The van der Waals surface area contributed by atoms with Gasteiger partial charge < -0.3 is 14.2 Å². The third-order valence-corrected chi connectivity index (χ3v) is 1.87. The molecule has 1 aromatic rings. The van der Waals surface area contributed by atoms with Crippen molar-refractivity contribution in [3.8, 4) is 17.2 Å². The lowest BCUT2D eigenvalue weighted by Crippen LogP contribution is -2.27. The number of halogens is 1. The predicted molar refractivity (Wildman–Crippen MR) is 64.5 cm³/mol. The van der Waals surface area contributed by atoms with Crippen molar-refractivity contribution in [1.29, 1.82) is 0 Å². The Morgan fingerprint density at radius 3 is 2.50 bits per heavy atom. The van der Waals surface area contributed by atoms with E-state index in [0.29, 0.717) is 24.7 Å². The second-order valence-electron chi connectivity index (χ2n) is 2.82. The summed E-state index contributed by atoms with van der Waals surface area (Å²) in [6.45, 7) is 1.06. The van der Waals surface area contributed by atoms with E-state index < -0.39 is 0 Å². The first kappa shape index (κ1) is 14.8. The highest BCUT2D eigenvalue weighted by Gasteiger charge is 2.05. The molecule has 1 aromatic carbocycles. The van der Waals surface area contributed by atoms with E-state index in [2.05, 4.69) is 5.43 Å². The second-order valence-corrected chi connectivity index (χ2v) is 2.82. The molecule has 16 heavy (non-hydrogen) atoms. The van der Waals surface area contributed by atoms with Gasteiger partial charge in [0.25, 0.3) is 0 Å². The van der Waals surface area contributed by atoms with E-state index in [4.69, 9.17) is 20.1 Å². The van der Waals surface area contributed by atoms with E-state index >= 15 is 0 Å². The van der Waals surface area contributed by atoms with E-state index in [0.717, 1.165) is 5.75 Å². The van der Waals surface area contributed by atoms with Gasteiger partial charge in [0.05, 0.1) is 14.2 Å². The van der Waals surface area contributed by atoms with Crippen molar-refractivity contribution in [2.75, 3.05) is 27.4 Å². The summed E-state index contributed by atoms with van der Waals surface area (Å²) in [6, 6.07) is 5.38. The van der Waals surface area contributed by atoms with Crippen LogP contribution in [0.3, 0.4) is 0 Å². The van der Waals surface area contributed by atoms with Gasteiger partial charge >= 0.3 is 0 Å². The van der Waals surface area contributed by atoms with Crippen molar-refractivity contribution >= 4 is 12.4 Å². The van der Waals surface area contributed by atoms with Crippen molar-refractivity contribution in [3.05, 3.63) is 18.2 Å². The minimum absolute atomic E-state index is 0. The molecule has 0 spiro atoms. The van der Waals surface area contributed by atoms with E-state index in [-0.39, 0.29) is 12.4 Å². The third kappa shape index (κ3) is 4.14. The number of nitrogens with one attached hydrogen (secondary N) is 1. The summed E-state index contributed by atoms with van der Waals surface area (Å²) >= 11 is 0. The van der Waals surface area contributed by atoms with Crippen LogP contribution in [0.2, 0.25) is 0 Å². The van der Waals surface area contributed by atoms with Crippen molar-refractivity contribution in [3.63, 3.8) is 0 Å². The zero-order valence-corrected chi connectivity index (χ0v) is 10.2. The van der Waals surface area contributed by atoms with Crippen LogP contribution in [0.5, 0.6) is 17.2 Å². The van der Waals surface area contributed by atoms with Crippen LogP contribution < -0.4 is 25.5 Å². The van der Waals surface area contributed by atoms with Crippen LogP contribution in [0.25, 0.3) is 0 Å². The summed E-state index contributed by atoms with van der Waals surface area (Å²) in [5.74, 6) is 7.18. The highest BCUT2D eigenvalue weighted by atomic mass is 35.5. The molecule has 5 nitrogen and oxygen atoms in total. The van der Waals surface area contributed by atoms with Crippen LogP contribution >= 0.6 is 12.4 Å². The van der Waals surface area contributed by atoms with Gasteiger partial charge in [0.15, 0.2) is 11.5 Å². The Morgan fingerprint density at radius 2 is 1.94 bits per heavy atom. The average molecular weight is 249 g/mol. The SMILES string of the molecule is COc1ccc(OCCNN)c(OC)c1.Cl. The highest BCUT2D eigenvalue weighted by Crippen LogP contribution is 2.30. The molecule has 0 unspecified atom stereocenters. The van der Waals surface area contributed by atoms with Gasteiger partial charge in [-0.25, -0.2) is 0 Å². The standard InChI is InChI=1S/C10H16N2O3.ClH/c1-13-8-3-4-9(10(7-8)14-2)15-6-5-12-11;/h3-4,7,12H,5-6,11H2,1-2H3;1H. The van der Waals surface area contributed by atoms with E-state index in [9.17, 15) is 0 Å². The Bertz CT molecular complexity index is 310. The zero-order valence-electron chi connectivity index (χ0n) is 9.36. The third-order valence-electron chi connectivity index (χ3n) is 1.87. The number of hydrogen-bond donors (Lipinski definition) is 2. The first-order chi connectivity index (χ1) is 7.31. The van der Waals surface area contributed by atoms with Gasteiger partial charge in [0, 0.05) is 12.6 Å². The Kier molecular flexibility index (Phi) is 7.45. The summed E-state index contributed by atoms with van der Waals surface area (Å²) in [5.41, 5.74) is 2.51. The molecule has 0 aliphatic heterocycles. The number of rotatable bonds is 6. The minimum Gasteiger partial charge on any atom is -0.497 e. The molecule has 0 atom stereocenters. The van der Waals surface area contributed by atoms with E-state index in [1.807, 2.05) is 6.07 Å². The summed E-state index contributed by atoms with van der Waals surface area (Å²) in [7, 11) is 3.19. The number of hydrazine groups is 1. The summed E-state index contributed by atoms with van der Waals surface area (Å²) in [4.78, 5) is 0. The van der Waals surface area contributed by atoms with Crippen LogP contribution in [-0.4, -0.2) is 27.4 Å². The van der Waals surface area contributed by atoms with Crippen molar-refractivity contribution < 1.29 is 14.2 Å². The molecule has 0 saturated carbocycles. The molecule has 0 bridgehead atoms. The highest BCUT2D eigenvalue weighted by molar-refractivity contribution is 5.85. The maximum atomic E-state index is 5.44. The fraction of sp³-hybridized carbons (Fsp3) is 0.400. The van der Waals surface area contributed by atoms with Crippen LogP contribution in [-0.2, 0) is 0 Å². The molecule has 6 heteroatoms. The number of methoxy groups -OCH3 is 2. The largest absolute Gasteiger partial charge is 0.497 e. The summed E-state index contributed by atoms with van der Waals surface area (Å²) in [5, 5.41) is 0. The van der Waals surface area contributed by atoms with E-state index in [1.165, 1.54) is 0 Å². The molecule has 0 aromatic heterocycles. The van der Waals surface area contributed by atoms with Crippen molar-refractivity contribution in [2.24, 2.45) is 5.84 Å². The lowest BCUT2D eigenvalue weighted by atomic mass is 10.3. The Hall–Kier alpha value is -1.17. The van der Waals surface area contributed by atoms with Gasteiger partial charge in [-0.15, -0.1) is 12.4 Å². The summed E-state index contributed by atoms with van der Waals surface area (Å²) < 4.78 is 15.7. The fourth-order valence-corrected chi connectivity index (χ4v) is 1.11. The molecule has 92 valence electrons. The predicted octanol–water partition coefficient (Wildman–Crippen LogP) is 0.968. The maximum absolute atomic E-state index is 5.44. The van der Waals surface area contributed by atoms with Crippen molar-refractivity contribution in [1.82, 2.24) is 5.43 Å². The van der Waals surface area contributed by atoms with Crippen LogP contribution in [0, 0.1) is 0 Å². The topological polar surface area (TPSA) is 65.7 Å². The first-order valence-corrected chi connectivity index (χ1v) is 4.60. The quantitative estimate of drug-likeness (QED) is 0.446. The Balaban J connectivity index is 0.00000225. The molecule has 0 fully saturated rings. The zero-order chi connectivity index (χ0) is 11.1. The lowest BCUT2D eigenvalue weighted by Gasteiger charge is -2.11. The van der Waals surface area contributed by atoms with Gasteiger partial charge in [0.2, 0.25) is 0 Å². The average Bonchev–Trinajstić information content (AvgIpc) is 2.29. The van der Waals surface area contributed by atoms with Crippen LogP contribution in [0.4, 0.5) is 0 Å². The lowest BCUT2D eigenvalue weighted by molar-refractivity contribution is 0.291. The number of nitrogens with two attached hydrogens (primary N) is 1. The molecule has 0 heterocycles. The van der Waals surface area contributed by atoms with Crippen LogP contribution in [0.15, 0.2) is 18.2 Å². The number of benzene rings is 1. The molecule has 3 N–H and O–H groups in total. The Morgan fingerprint density at radius 1 is 1.19 bits per heavy atom. The van der Waals surface area contributed by atoms with Crippen LogP contribution in [0.1, 0.15) is 0 Å². The minimum atomic E-state index is 0. The first-order valence-electron chi connectivity index (χ1n) is 4.60. The normalized spacial score (nSPS) is 9.19. The van der Waals surface area contributed by atoms with Gasteiger partial charge in [-0.3, -0.25) is 11.3 Å². The van der Waals surface area contributed by atoms with Gasteiger partial charge in [0.1, 0.15) is 12.4 Å². The smallest absolute Gasteiger partial charge is 0.164 e. The molecule has 1 rings (SSSR count). The molecule has 0 aliphatic carbocycles. The molecule has 0 aliphatic rings. The van der Waals surface area contributed by atoms with E-state index in [1.54, 1.807) is 26.4 Å². The number of hydrogen-bond acceptors (Lipinski definition) is 5. The molecule has 0 saturated heterocycles. The van der Waals surface area contributed by atoms with Gasteiger partial charge in [-0.2, -0.15) is 0 Å². The fourth-order valence-electron chi connectivity index (χ4n) is 1.11. The molecular weight excluding hydrogens is 232 g/mol. The molecule has 0 radical (unpaired) electrons.